The number of hydrogen-bond donors (Lipinski definition) is 0. The lowest BCUT2D eigenvalue weighted by Crippen LogP contribution is -2.41. The van der Waals surface area contributed by atoms with Crippen LogP contribution < -0.4 is 9.47 Å². The van der Waals surface area contributed by atoms with Crippen LogP contribution in [-0.4, -0.2) is 55.9 Å². The number of carbonyl (C=O) groups excluding carboxylic acids is 2. The summed E-state index contributed by atoms with van der Waals surface area (Å²) in [5, 5.41) is 9.19. The van der Waals surface area contributed by atoms with Gasteiger partial charge in [0.2, 0.25) is 12.9 Å². The second kappa shape index (κ2) is 11.6. The zero-order valence-electron chi connectivity index (χ0n) is 19.9. The number of rotatable bonds is 10. The smallest absolute Gasteiger partial charge is 0.475 e. The maximum absolute atomic E-state index is 13.7. The minimum Gasteiger partial charge on any atom is -0.475 e. The lowest BCUT2D eigenvalue weighted by atomic mass is 9.97. The van der Waals surface area contributed by atoms with E-state index >= 15 is 0 Å². The molecule has 1 aliphatic heterocycles. The van der Waals surface area contributed by atoms with Gasteiger partial charge in [0.1, 0.15) is 24.7 Å². The molecular formula is C21H21F6NO10. The fraction of sp³-hybridized carbons (Fsp3) is 0.524. The molecule has 17 heteroatoms. The first-order valence-corrected chi connectivity index (χ1v) is 10.5. The predicted molar refractivity (Wildman–Crippen MR) is 111 cm³/mol. The van der Waals surface area contributed by atoms with Crippen molar-refractivity contribution in [2.75, 3.05) is 20.0 Å². The second-order valence-corrected chi connectivity index (χ2v) is 8.44. The van der Waals surface area contributed by atoms with Gasteiger partial charge in [-0.2, -0.15) is 13.2 Å². The number of ether oxygens (including phenoxy) is 5. The van der Waals surface area contributed by atoms with E-state index in [-0.39, 0.29) is 17.5 Å². The SMILES string of the molecule is CCc1cc(OC(F)(F)F)cc2c1O[C@H](C(F)(F)F)C(C(=O)OCOC(=O)OCC(C)(C)CO[N+](=O)[O-])=C2. The highest BCUT2D eigenvalue weighted by Crippen LogP contribution is 2.42. The number of fused-ring (bicyclic) bond motifs is 1. The van der Waals surface area contributed by atoms with Gasteiger partial charge >= 0.3 is 24.7 Å². The summed E-state index contributed by atoms with van der Waals surface area (Å²) in [6.07, 6.45) is -13.9. The Morgan fingerprint density at radius 1 is 1.05 bits per heavy atom. The van der Waals surface area contributed by atoms with Gasteiger partial charge in [0.15, 0.2) is 0 Å². The highest BCUT2D eigenvalue weighted by molar-refractivity contribution is 5.96. The minimum atomic E-state index is -5.13. The molecule has 0 saturated carbocycles. The van der Waals surface area contributed by atoms with Gasteiger partial charge in [0.25, 0.3) is 5.09 Å². The summed E-state index contributed by atoms with van der Waals surface area (Å²) in [4.78, 5) is 38.5. The van der Waals surface area contributed by atoms with E-state index in [1.165, 1.54) is 20.8 Å². The van der Waals surface area contributed by atoms with Crippen LogP contribution in [0.1, 0.15) is 31.9 Å². The van der Waals surface area contributed by atoms with Crippen molar-refractivity contribution in [2.24, 2.45) is 5.41 Å². The Morgan fingerprint density at radius 2 is 1.71 bits per heavy atom. The normalized spacial score (nSPS) is 15.4. The molecule has 212 valence electrons. The number of esters is 1. The van der Waals surface area contributed by atoms with Crippen LogP contribution in [0.3, 0.4) is 0 Å². The topological polar surface area (TPSA) is 133 Å². The Kier molecular flexibility index (Phi) is 9.28. The maximum atomic E-state index is 13.7. The molecular weight excluding hydrogens is 540 g/mol. The van der Waals surface area contributed by atoms with E-state index in [4.69, 9.17) is 4.74 Å². The monoisotopic (exact) mass is 561 g/mol. The van der Waals surface area contributed by atoms with Crippen LogP contribution in [0.4, 0.5) is 31.1 Å². The summed E-state index contributed by atoms with van der Waals surface area (Å²) in [6, 6.07) is 1.60. The van der Waals surface area contributed by atoms with E-state index in [0.717, 1.165) is 12.1 Å². The predicted octanol–water partition coefficient (Wildman–Crippen LogP) is 4.74. The zero-order chi connectivity index (χ0) is 28.9. The average Bonchev–Trinajstić information content (AvgIpc) is 2.78. The molecule has 1 aromatic carbocycles. The van der Waals surface area contributed by atoms with Crippen LogP contribution in [0.25, 0.3) is 6.08 Å². The lowest BCUT2D eigenvalue weighted by Gasteiger charge is -2.29. The molecule has 0 fully saturated rings. The Bertz CT molecular complexity index is 1080. The quantitative estimate of drug-likeness (QED) is 0.130. The summed E-state index contributed by atoms with van der Waals surface area (Å²) < 4.78 is 101. The van der Waals surface area contributed by atoms with Crippen molar-refractivity contribution in [2.45, 2.75) is 45.8 Å². The fourth-order valence-corrected chi connectivity index (χ4v) is 3.00. The third kappa shape index (κ3) is 8.88. The van der Waals surface area contributed by atoms with E-state index in [1.807, 2.05) is 0 Å². The van der Waals surface area contributed by atoms with Crippen LogP contribution in [0.5, 0.6) is 11.5 Å². The number of alkyl halides is 6. The van der Waals surface area contributed by atoms with Crippen LogP contribution in [0.15, 0.2) is 17.7 Å². The molecule has 0 aliphatic carbocycles. The summed E-state index contributed by atoms with van der Waals surface area (Å²) in [5.74, 6) is -2.79. The summed E-state index contributed by atoms with van der Waals surface area (Å²) in [6.45, 7) is 2.29. The summed E-state index contributed by atoms with van der Waals surface area (Å²) in [5.41, 5.74) is -2.51. The molecule has 0 aromatic heterocycles. The highest BCUT2D eigenvalue weighted by Gasteiger charge is 2.49. The van der Waals surface area contributed by atoms with E-state index in [0.29, 0.717) is 6.08 Å². The van der Waals surface area contributed by atoms with Gasteiger partial charge in [-0.1, -0.05) is 20.8 Å². The molecule has 0 spiro atoms. The van der Waals surface area contributed by atoms with Gasteiger partial charge in [-0.3, -0.25) is 0 Å². The lowest BCUT2D eigenvalue weighted by molar-refractivity contribution is -0.760. The Hall–Kier alpha value is -3.92. The Morgan fingerprint density at radius 3 is 2.26 bits per heavy atom. The third-order valence-electron chi connectivity index (χ3n) is 4.65. The van der Waals surface area contributed by atoms with Gasteiger partial charge in [-0.15, -0.1) is 23.3 Å². The number of hydrogen-bond acceptors (Lipinski definition) is 10. The molecule has 0 N–H and O–H groups in total. The Labute approximate surface area is 210 Å². The average molecular weight is 561 g/mol. The molecule has 2 rings (SSSR count). The van der Waals surface area contributed by atoms with Crippen LogP contribution in [-0.2, 0) is 30.3 Å². The minimum absolute atomic E-state index is 0.0273. The van der Waals surface area contributed by atoms with Gasteiger partial charge in [-0.25, -0.2) is 9.59 Å². The van der Waals surface area contributed by atoms with E-state index < -0.39 is 78.3 Å². The molecule has 0 radical (unpaired) electrons. The third-order valence-corrected chi connectivity index (χ3v) is 4.65. The van der Waals surface area contributed by atoms with Gasteiger partial charge < -0.3 is 28.5 Å². The van der Waals surface area contributed by atoms with Gasteiger partial charge in [0, 0.05) is 11.0 Å². The van der Waals surface area contributed by atoms with E-state index in [2.05, 4.69) is 23.8 Å². The highest BCUT2D eigenvalue weighted by atomic mass is 19.4. The van der Waals surface area contributed by atoms with Crippen molar-refractivity contribution in [3.63, 3.8) is 0 Å². The van der Waals surface area contributed by atoms with Crippen LogP contribution in [0, 0.1) is 15.5 Å². The molecule has 1 heterocycles. The summed E-state index contributed by atoms with van der Waals surface area (Å²) in [7, 11) is 0. The number of aryl methyl sites for hydroxylation is 1. The van der Waals surface area contributed by atoms with Crippen molar-refractivity contribution in [1.29, 1.82) is 0 Å². The first-order valence-electron chi connectivity index (χ1n) is 10.5. The molecule has 0 bridgehead atoms. The van der Waals surface area contributed by atoms with Gasteiger partial charge in [0.05, 0.1) is 5.57 Å². The first kappa shape index (κ1) is 30.3. The van der Waals surface area contributed by atoms with Crippen molar-refractivity contribution < 1.29 is 69.5 Å². The summed E-state index contributed by atoms with van der Waals surface area (Å²) >= 11 is 0. The largest absolute Gasteiger partial charge is 0.573 e. The van der Waals surface area contributed by atoms with Crippen molar-refractivity contribution in [1.82, 2.24) is 0 Å². The van der Waals surface area contributed by atoms with Gasteiger partial charge in [-0.05, 0) is 30.2 Å². The number of nitrogens with zero attached hydrogens (tertiary/aromatic N) is 1. The molecule has 0 unspecified atom stereocenters. The number of benzene rings is 1. The molecule has 0 saturated heterocycles. The standard InChI is InChI=1S/C21H21F6NO10/c1-4-11-5-13(38-21(25,26)27)6-12-7-14(16(20(22,23)24)37-15(11)12)17(29)34-10-35-18(30)33-8-19(2,3)9-36-28(31)32/h5-7,16H,4,8-10H2,1-3H3/t16-/m0/s1. The van der Waals surface area contributed by atoms with Crippen molar-refractivity contribution in [3.8, 4) is 11.5 Å². The maximum Gasteiger partial charge on any atom is 0.573 e. The molecule has 38 heavy (non-hydrogen) atoms. The van der Waals surface area contributed by atoms with E-state index in [9.17, 15) is 46.0 Å². The van der Waals surface area contributed by atoms with Crippen molar-refractivity contribution >= 4 is 18.2 Å². The zero-order valence-corrected chi connectivity index (χ0v) is 19.9. The van der Waals surface area contributed by atoms with Crippen LogP contribution in [0.2, 0.25) is 0 Å². The molecule has 0 amide bonds. The molecule has 11 nitrogen and oxygen atoms in total. The van der Waals surface area contributed by atoms with Crippen molar-refractivity contribution in [3.05, 3.63) is 38.9 Å². The molecule has 1 aliphatic rings. The first-order chi connectivity index (χ1) is 17.4. The fourth-order valence-electron chi connectivity index (χ4n) is 3.00. The Balaban J connectivity index is 2.14. The second-order valence-electron chi connectivity index (χ2n) is 8.44. The molecule has 1 atom stereocenters. The number of carbonyl (C=O) groups is 2. The van der Waals surface area contributed by atoms with E-state index in [1.54, 1.807) is 0 Å². The molecule has 1 aromatic rings. The number of halogens is 6. The van der Waals surface area contributed by atoms with Crippen LogP contribution >= 0.6 is 0 Å².